The van der Waals surface area contributed by atoms with E-state index in [0.717, 1.165) is 51.4 Å². The Kier molecular flexibility index (Phi) is 45.0. The van der Waals surface area contributed by atoms with E-state index >= 15 is 0 Å². The van der Waals surface area contributed by atoms with Crippen LogP contribution in [0, 0.1) is 0 Å². The van der Waals surface area contributed by atoms with E-state index in [0.29, 0.717) is 12.8 Å². The molecule has 7 atom stereocenters. The molecule has 9 heteroatoms. The van der Waals surface area contributed by atoms with Crippen LogP contribution < -0.4 is 5.32 Å². The normalized spacial score (nSPS) is 19.9. The quantitative estimate of drug-likeness (QED) is 0.0261. The summed E-state index contributed by atoms with van der Waals surface area (Å²) in [5.74, 6) is -0.141. The number of aliphatic hydroxyl groups is 5. The van der Waals surface area contributed by atoms with Crippen molar-refractivity contribution in [3.8, 4) is 0 Å². The molecule has 1 fully saturated rings. The van der Waals surface area contributed by atoms with Crippen LogP contribution in [0.4, 0.5) is 0 Å². The van der Waals surface area contributed by atoms with Gasteiger partial charge in [-0.05, 0) is 38.5 Å². The van der Waals surface area contributed by atoms with Gasteiger partial charge in [0.15, 0.2) is 6.29 Å². The number of hydrogen-bond acceptors (Lipinski definition) is 8. The second kappa shape index (κ2) is 47.4. The van der Waals surface area contributed by atoms with Gasteiger partial charge in [0.05, 0.1) is 25.4 Å². The first-order valence-corrected chi connectivity index (χ1v) is 28.5. The van der Waals surface area contributed by atoms with E-state index in [9.17, 15) is 30.3 Å². The van der Waals surface area contributed by atoms with E-state index in [4.69, 9.17) is 9.47 Å². The molecule has 1 aliphatic heterocycles. The van der Waals surface area contributed by atoms with Crippen molar-refractivity contribution in [2.24, 2.45) is 0 Å². The van der Waals surface area contributed by atoms with Crippen LogP contribution in [0.3, 0.4) is 0 Å². The molecule has 1 rings (SSSR count). The van der Waals surface area contributed by atoms with Crippen LogP contribution in [0.2, 0.25) is 0 Å². The molecule has 1 amide bonds. The molecule has 0 bridgehead atoms. The molecule has 1 heterocycles. The molecule has 0 aromatic rings. The maximum Gasteiger partial charge on any atom is 0.220 e. The first-order chi connectivity index (χ1) is 32.3. The molecule has 9 nitrogen and oxygen atoms in total. The number of ether oxygens (including phenoxy) is 2. The third-order valence-electron chi connectivity index (χ3n) is 13.8. The second-order valence-corrected chi connectivity index (χ2v) is 20.1. The minimum absolute atomic E-state index is 0.135. The molecule has 6 N–H and O–H groups in total. The van der Waals surface area contributed by atoms with Gasteiger partial charge < -0.3 is 40.3 Å². The van der Waals surface area contributed by atoms with E-state index < -0.39 is 49.5 Å². The van der Waals surface area contributed by atoms with Gasteiger partial charge in [-0.15, -0.1) is 0 Å². The number of hydrogen-bond donors (Lipinski definition) is 6. The fourth-order valence-corrected chi connectivity index (χ4v) is 9.32. The average molecular weight is 936 g/mol. The monoisotopic (exact) mass is 936 g/mol. The van der Waals surface area contributed by atoms with Crippen molar-refractivity contribution in [2.45, 2.75) is 320 Å². The van der Waals surface area contributed by atoms with Crippen molar-refractivity contribution in [3.05, 3.63) is 24.3 Å². The van der Waals surface area contributed by atoms with E-state index in [-0.39, 0.29) is 12.5 Å². The highest BCUT2D eigenvalue weighted by Crippen LogP contribution is 2.23. The van der Waals surface area contributed by atoms with Crippen LogP contribution in [-0.4, -0.2) is 87.5 Å². The Bertz CT molecular complexity index is 1090. The summed E-state index contributed by atoms with van der Waals surface area (Å²) in [4.78, 5) is 13.1. The predicted octanol–water partition coefficient (Wildman–Crippen LogP) is 13.8. The third kappa shape index (κ3) is 36.6. The summed E-state index contributed by atoms with van der Waals surface area (Å²) < 4.78 is 11.3. The highest BCUT2D eigenvalue weighted by Gasteiger charge is 2.44. The van der Waals surface area contributed by atoms with Gasteiger partial charge in [-0.1, -0.05) is 256 Å². The summed E-state index contributed by atoms with van der Waals surface area (Å²) in [5.41, 5.74) is 0. The minimum Gasteiger partial charge on any atom is -0.394 e. The summed E-state index contributed by atoms with van der Waals surface area (Å²) in [5, 5.41) is 54.7. The number of carbonyl (C=O) groups is 1. The zero-order valence-electron chi connectivity index (χ0n) is 43.2. The van der Waals surface area contributed by atoms with Crippen molar-refractivity contribution < 1.29 is 39.8 Å². The van der Waals surface area contributed by atoms with Gasteiger partial charge in [0, 0.05) is 6.42 Å². The van der Waals surface area contributed by atoms with Crippen molar-refractivity contribution in [1.82, 2.24) is 5.32 Å². The molecule has 0 spiro atoms. The van der Waals surface area contributed by atoms with E-state index in [1.807, 2.05) is 0 Å². The molecule has 0 radical (unpaired) electrons. The Labute approximate surface area is 407 Å². The molecule has 0 saturated carbocycles. The van der Waals surface area contributed by atoms with E-state index in [1.165, 1.54) is 199 Å². The van der Waals surface area contributed by atoms with Crippen LogP contribution in [0.1, 0.15) is 277 Å². The van der Waals surface area contributed by atoms with Crippen molar-refractivity contribution in [1.29, 1.82) is 0 Å². The van der Waals surface area contributed by atoms with Crippen LogP contribution in [-0.2, 0) is 14.3 Å². The van der Waals surface area contributed by atoms with Gasteiger partial charge >= 0.3 is 0 Å². The highest BCUT2D eigenvalue weighted by atomic mass is 16.7. The number of unbranched alkanes of at least 4 members (excludes halogenated alkanes) is 35. The fraction of sp³-hybridized carbons (Fsp3) is 0.912. The topological polar surface area (TPSA) is 149 Å². The molecule has 390 valence electrons. The SMILES string of the molecule is CC/C=C\C/C=C\CCCCCCCCCCCCCCCCC(=O)NC(COC1OC(CO)C(O)C(O)C1O)C(O)CCCCCCCCCCCCCCCCCCCCCCCC. The smallest absolute Gasteiger partial charge is 0.220 e. The summed E-state index contributed by atoms with van der Waals surface area (Å²) in [6.45, 7) is 3.77. The molecular weight excluding hydrogens is 827 g/mol. The van der Waals surface area contributed by atoms with Crippen molar-refractivity contribution in [2.75, 3.05) is 13.2 Å². The van der Waals surface area contributed by atoms with E-state index in [1.54, 1.807) is 0 Å². The number of nitrogens with one attached hydrogen (secondary N) is 1. The molecule has 7 unspecified atom stereocenters. The first kappa shape index (κ1) is 62.7. The predicted molar refractivity (Wildman–Crippen MR) is 277 cm³/mol. The maximum atomic E-state index is 13.1. The van der Waals surface area contributed by atoms with Gasteiger partial charge in [0.2, 0.25) is 5.91 Å². The molecular formula is C57H109NO8. The Morgan fingerprint density at radius 2 is 0.939 bits per heavy atom. The van der Waals surface area contributed by atoms with Crippen LogP contribution in [0.5, 0.6) is 0 Å². The first-order valence-electron chi connectivity index (χ1n) is 28.5. The Morgan fingerprint density at radius 3 is 1.38 bits per heavy atom. The molecule has 1 saturated heterocycles. The van der Waals surface area contributed by atoms with Crippen molar-refractivity contribution in [3.63, 3.8) is 0 Å². The lowest BCUT2D eigenvalue weighted by Crippen LogP contribution is -2.60. The largest absolute Gasteiger partial charge is 0.394 e. The molecule has 66 heavy (non-hydrogen) atoms. The van der Waals surface area contributed by atoms with Crippen LogP contribution >= 0.6 is 0 Å². The van der Waals surface area contributed by atoms with Crippen LogP contribution in [0.25, 0.3) is 0 Å². The Morgan fingerprint density at radius 1 is 0.530 bits per heavy atom. The number of aliphatic hydroxyl groups excluding tert-OH is 5. The van der Waals surface area contributed by atoms with Gasteiger partial charge in [-0.2, -0.15) is 0 Å². The van der Waals surface area contributed by atoms with Gasteiger partial charge in [-0.3, -0.25) is 4.79 Å². The lowest BCUT2D eigenvalue weighted by Gasteiger charge is -2.40. The van der Waals surface area contributed by atoms with Crippen LogP contribution in [0.15, 0.2) is 24.3 Å². The zero-order chi connectivity index (χ0) is 48.0. The Balaban J connectivity index is 2.20. The average Bonchev–Trinajstić information content (AvgIpc) is 3.32. The van der Waals surface area contributed by atoms with E-state index in [2.05, 4.69) is 43.5 Å². The molecule has 0 aliphatic carbocycles. The number of amides is 1. The molecule has 1 aliphatic rings. The van der Waals surface area contributed by atoms with Gasteiger partial charge in [0.25, 0.3) is 0 Å². The summed E-state index contributed by atoms with van der Waals surface area (Å²) in [7, 11) is 0. The minimum atomic E-state index is -1.55. The summed E-state index contributed by atoms with van der Waals surface area (Å²) in [6.07, 6.45) is 52.0. The fourth-order valence-electron chi connectivity index (χ4n) is 9.32. The number of carbonyl (C=O) groups excluding carboxylic acids is 1. The zero-order valence-corrected chi connectivity index (χ0v) is 43.2. The standard InChI is InChI=1S/C57H109NO8/c1-3-5-7-9-11-13-15-17-19-21-23-25-27-28-30-32-34-36-38-40-42-44-46-51(60)50(49-65-57-56(64)55(63)54(62)52(48-59)66-57)58-53(61)47-45-43-41-39-37-35-33-31-29-26-24-22-20-18-16-14-12-10-8-6-4-2/h6,8,12,14,50-52,54-57,59-60,62-64H,3-5,7,9-11,13,15-49H2,1-2H3,(H,58,61)/b8-6-,14-12-. The number of allylic oxidation sites excluding steroid dienone is 4. The third-order valence-corrected chi connectivity index (χ3v) is 13.8. The molecule has 0 aromatic carbocycles. The number of rotatable bonds is 49. The maximum absolute atomic E-state index is 13.1. The van der Waals surface area contributed by atoms with Gasteiger partial charge in [0.1, 0.15) is 24.4 Å². The van der Waals surface area contributed by atoms with Gasteiger partial charge in [-0.25, -0.2) is 0 Å². The van der Waals surface area contributed by atoms with Crippen molar-refractivity contribution >= 4 is 5.91 Å². The second-order valence-electron chi connectivity index (χ2n) is 20.1. The Hall–Kier alpha value is -1.33. The highest BCUT2D eigenvalue weighted by molar-refractivity contribution is 5.76. The lowest BCUT2D eigenvalue weighted by molar-refractivity contribution is -0.302. The summed E-state index contributed by atoms with van der Waals surface area (Å²) in [6, 6.07) is -0.717. The summed E-state index contributed by atoms with van der Waals surface area (Å²) >= 11 is 0. The molecule has 0 aromatic heterocycles. The lowest BCUT2D eigenvalue weighted by atomic mass is 9.99.